The molecule has 2 aromatic heterocycles. The van der Waals surface area contributed by atoms with E-state index in [0.29, 0.717) is 23.7 Å². The lowest BCUT2D eigenvalue weighted by Crippen LogP contribution is -2.24. The normalized spacial score (nSPS) is 14.2. The summed E-state index contributed by atoms with van der Waals surface area (Å²) in [5.41, 5.74) is 3.02. The van der Waals surface area contributed by atoms with Crippen LogP contribution in [0.2, 0.25) is 0 Å². The second-order valence-corrected chi connectivity index (χ2v) is 6.50. The molecule has 132 valence electrons. The molecule has 0 radical (unpaired) electrons. The Labute approximate surface area is 152 Å². The van der Waals surface area contributed by atoms with Crippen molar-refractivity contribution in [1.29, 1.82) is 0 Å². The summed E-state index contributed by atoms with van der Waals surface area (Å²) in [4.78, 5) is 16.5. The zero-order valence-corrected chi connectivity index (χ0v) is 14.6. The van der Waals surface area contributed by atoms with Crippen LogP contribution in [0, 0.1) is 0 Å². The van der Waals surface area contributed by atoms with E-state index in [-0.39, 0.29) is 5.91 Å². The Bertz CT molecular complexity index is 942. The van der Waals surface area contributed by atoms with Crippen LogP contribution in [0.15, 0.2) is 54.4 Å². The Kier molecular flexibility index (Phi) is 4.73. The van der Waals surface area contributed by atoms with Crippen molar-refractivity contribution in [2.24, 2.45) is 0 Å². The molecular formula is C20H21N5O. The predicted octanol–water partition coefficient (Wildman–Crippen LogP) is 3.41. The van der Waals surface area contributed by atoms with Crippen LogP contribution in [-0.2, 0) is 0 Å². The molecule has 4 rings (SSSR count). The highest BCUT2D eigenvalue weighted by molar-refractivity contribution is 5.94. The summed E-state index contributed by atoms with van der Waals surface area (Å²) in [7, 11) is 0. The van der Waals surface area contributed by atoms with Crippen molar-refractivity contribution >= 4 is 11.7 Å². The highest BCUT2D eigenvalue weighted by atomic mass is 16.1. The first-order chi connectivity index (χ1) is 12.8. The Morgan fingerprint density at radius 2 is 2.04 bits per heavy atom. The summed E-state index contributed by atoms with van der Waals surface area (Å²) in [5, 5.41) is 11.2. The van der Waals surface area contributed by atoms with Gasteiger partial charge in [0.15, 0.2) is 5.82 Å². The molecule has 1 aromatic carbocycles. The van der Waals surface area contributed by atoms with E-state index < -0.39 is 0 Å². The van der Waals surface area contributed by atoms with Gasteiger partial charge in [0, 0.05) is 30.1 Å². The molecule has 1 amide bonds. The molecule has 26 heavy (non-hydrogen) atoms. The van der Waals surface area contributed by atoms with E-state index in [0.717, 1.165) is 12.0 Å². The summed E-state index contributed by atoms with van der Waals surface area (Å²) in [6.07, 6.45) is 11.7. The van der Waals surface area contributed by atoms with Crippen molar-refractivity contribution in [2.45, 2.75) is 32.1 Å². The van der Waals surface area contributed by atoms with Crippen LogP contribution in [0.25, 0.3) is 17.2 Å². The van der Waals surface area contributed by atoms with Gasteiger partial charge in [-0.1, -0.05) is 23.8 Å². The molecule has 1 aliphatic rings. The van der Waals surface area contributed by atoms with Gasteiger partial charge in [0.1, 0.15) is 0 Å². The van der Waals surface area contributed by atoms with E-state index >= 15 is 0 Å². The van der Waals surface area contributed by atoms with Crippen molar-refractivity contribution in [3.63, 3.8) is 0 Å². The molecule has 0 saturated heterocycles. The second-order valence-electron chi connectivity index (χ2n) is 6.50. The Morgan fingerprint density at radius 3 is 2.85 bits per heavy atom. The number of hydrogen-bond donors (Lipinski definition) is 1. The SMILES string of the molecule is O=C(NCCC1=CCCCC1)c1ccc(-c2nnc3ncccn23)cc1. The maximum Gasteiger partial charge on any atom is 0.255 e. The Hall–Kier alpha value is -3.02. The van der Waals surface area contributed by atoms with Crippen LogP contribution in [0.1, 0.15) is 42.5 Å². The van der Waals surface area contributed by atoms with Gasteiger partial charge in [0.25, 0.3) is 11.7 Å². The highest BCUT2D eigenvalue weighted by Crippen LogP contribution is 2.20. The summed E-state index contributed by atoms with van der Waals surface area (Å²) in [5.74, 6) is 1.23. The molecule has 0 spiro atoms. The number of nitrogens with one attached hydrogen (secondary N) is 1. The Morgan fingerprint density at radius 1 is 1.15 bits per heavy atom. The third kappa shape index (κ3) is 3.49. The van der Waals surface area contributed by atoms with Gasteiger partial charge >= 0.3 is 0 Å². The average Bonchev–Trinajstić information content (AvgIpc) is 3.13. The molecule has 2 heterocycles. The summed E-state index contributed by atoms with van der Waals surface area (Å²) < 4.78 is 1.83. The molecule has 0 fully saturated rings. The fourth-order valence-electron chi connectivity index (χ4n) is 3.28. The van der Waals surface area contributed by atoms with Crippen molar-refractivity contribution in [3.8, 4) is 11.4 Å². The summed E-state index contributed by atoms with van der Waals surface area (Å²) >= 11 is 0. The van der Waals surface area contributed by atoms with Crippen molar-refractivity contribution in [3.05, 3.63) is 59.9 Å². The predicted molar refractivity (Wildman–Crippen MR) is 99.7 cm³/mol. The smallest absolute Gasteiger partial charge is 0.255 e. The minimum Gasteiger partial charge on any atom is -0.352 e. The second kappa shape index (κ2) is 7.47. The van der Waals surface area contributed by atoms with E-state index in [1.807, 2.05) is 40.9 Å². The fourth-order valence-corrected chi connectivity index (χ4v) is 3.28. The third-order valence-corrected chi connectivity index (χ3v) is 4.71. The molecule has 6 heteroatoms. The standard InChI is InChI=1S/C20H21N5O/c26-19(21-13-11-15-5-2-1-3-6-15)17-9-7-16(8-10-17)18-23-24-20-22-12-4-14-25(18)20/h4-5,7-10,12,14H,1-3,6,11,13H2,(H,21,26). The van der Waals surface area contributed by atoms with E-state index in [1.54, 1.807) is 6.20 Å². The first kappa shape index (κ1) is 16.4. The maximum atomic E-state index is 12.3. The zero-order valence-electron chi connectivity index (χ0n) is 14.6. The molecular weight excluding hydrogens is 326 g/mol. The highest BCUT2D eigenvalue weighted by Gasteiger charge is 2.10. The van der Waals surface area contributed by atoms with Gasteiger partial charge in [0.2, 0.25) is 0 Å². The number of allylic oxidation sites excluding steroid dienone is 1. The molecule has 3 aromatic rings. The minimum absolute atomic E-state index is 0.0410. The number of carbonyl (C=O) groups is 1. The van der Waals surface area contributed by atoms with Gasteiger partial charge in [-0.05, 0) is 50.3 Å². The van der Waals surface area contributed by atoms with E-state index in [2.05, 4.69) is 26.6 Å². The van der Waals surface area contributed by atoms with Crippen LogP contribution in [0.5, 0.6) is 0 Å². The number of fused-ring (bicyclic) bond motifs is 1. The molecule has 0 saturated carbocycles. The number of nitrogens with zero attached hydrogens (tertiary/aromatic N) is 4. The maximum absolute atomic E-state index is 12.3. The van der Waals surface area contributed by atoms with Gasteiger partial charge in [-0.25, -0.2) is 4.98 Å². The number of benzene rings is 1. The largest absolute Gasteiger partial charge is 0.352 e. The summed E-state index contributed by atoms with van der Waals surface area (Å²) in [6, 6.07) is 9.26. The van der Waals surface area contributed by atoms with Crippen LogP contribution in [-0.4, -0.2) is 32.0 Å². The molecule has 1 aliphatic carbocycles. The number of hydrogen-bond acceptors (Lipinski definition) is 4. The lowest BCUT2D eigenvalue weighted by atomic mass is 9.97. The average molecular weight is 347 g/mol. The lowest BCUT2D eigenvalue weighted by molar-refractivity contribution is 0.0954. The lowest BCUT2D eigenvalue weighted by Gasteiger charge is -2.13. The molecule has 1 N–H and O–H groups in total. The van der Waals surface area contributed by atoms with Gasteiger partial charge in [0.05, 0.1) is 0 Å². The molecule has 0 atom stereocenters. The van der Waals surface area contributed by atoms with Gasteiger partial charge in [-0.3, -0.25) is 9.20 Å². The van der Waals surface area contributed by atoms with Crippen LogP contribution < -0.4 is 5.32 Å². The summed E-state index contributed by atoms with van der Waals surface area (Å²) in [6.45, 7) is 0.687. The van der Waals surface area contributed by atoms with E-state index in [1.165, 1.54) is 31.3 Å². The monoisotopic (exact) mass is 347 g/mol. The van der Waals surface area contributed by atoms with Gasteiger partial charge in [-0.15, -0.1) is 10.2 Å². The number of carbonyl (C=O) groups excluding carboxylic acids is 1. The quantitative estimate of drug-likeness (QED) is 0.718. The first-order valence-electron chi connectivity index (χ1n) is 9.03. The zero-order chi connectivity index (χ0) is 17.8. The third-order valence-electron chi connectivity index (χ3n) is 4.71. The molecule has 0 aliphatic heterocycles. The molecule has 0 bridgehead atoms. The number of rotatable bonds is 5. The topological polar surface area (TPSA) is 72.2 Å². The van der Waals surface area contributed by atoms with Crippen LogP contribution in [0.3, 0.4) is 0 Å². The minimum atomic E-state index is -0.0410. The van der Waals surface area contributed by atoms with E-state index in [9.17, 15) is 4.79 Å². The van der Waals surface area contributed by atoms with E-state index in [4.69, 9.17) is 0 Å². The number of aromatic nitrogens is 4. The van der Waals surface area contributed by atoms with Crippen molar-refractivity contribution in [1.82, 2.24) is 24.9 Å². The molecule has 0 unspecified atom stereocenters. The molecule has 6 nitrogen and oxygen atoms in total. The Balaban J connectivity index is 1.40. The van der Waals surface area contributed by atoms with Crippen LogP contribution >= 0.6 is 0 Å². The van der Waals surface area contributed by atoms with Crippen molar-refractivity contribution in [2.75, 3.05) is 6.54 Å². The van der Waals surface area contributed by atoms with Crippen LogP contribution in [0.4, 0.5) is 0 Å². The van der Waals surface area contributed by atoms with Crippen molar-refractivity contribution < 1.29 is 4.79 Å². The fraction of sp³-hybridized carbons (Fsp3) is 0.300. The number of amides is 1. The van der Waals surface area contributed by atoms with Gasteiger partial charge in [-0.2, -0.15) is 0 Å². The van der Waals surface area contributed by atoms with Gasteiger partial charge < -0.3 is 5.32 Å². The first-order valence-corrected chi connectivity index (χ1v) is 9.03.